The predicted octanol–water partition coefficient (Wildman–Crippen LogP) is 1.33. The van der Waals surface area contributed by atoms with Crippen molar-refractivity contribution >= 4 is 5.97 Å². The fourth-order valence-electron chi connectivity index (χ4n) is 0.872. The summed E-state index contributed by atoms with van der Waals surface area (Å²) in [5.74, 6) is -0.974. The lowest BCUT2D eigenvalue weighted by Crippen LogP contribution is -1.99. The third-order valence-electron chi connectivity index (χ3n) is 1.59. The van der Waals surface area contributed by atoms with Gasteiger partial charge in [0.05, 0.1) is 0 Å². The van der Waals surface area contributed by atoms with E-state index in [1.165, 1.54) is 12.1 Å². The zero-order valence-corrected chi connectivity index (χ0v) is 7.43. The van der Waals surface area contributed by atoms with E-state index in [-0.39, 0.29) is 18.1 Å². The van der Waals surface area contributed by atoms with Crippen LogP contribution in [0.2, 0.25) is 0 Å². The molecule has 0 atom stereocenters. The Balaban J connectivity index is 2.64. The Hall–Kier alpha value is -1.97. The van der Waals surface area contributed by atoms with Gasteiger partial charge in [-0.1, -0.05) is 12.6 Å². The molecule has 0 heterocycles. The van der Waals surface area contributed by atoms with E-state index in [1.54, 1.807) is 6.07 Å². The van der Waals surface area contributed by atoms with Crippen molar-refractivity contribution in [2.75, 3.05) is 0 Å². The average molecular weight is 194 g/mol. The zero-order valence-electron chi connectivity index (χ0n) is 7.43. The molecule has 0 aromatic heterocycles. The van der Waals surface area contributed by atoms with Gasteiger partial charge in [-0.05, 0) is 17.7 Å². The van der Waals surface area contributed by atoms with E-state index in [1.807, 2.05) is 0 Å². The van der Waals surface area contributed by atoms with Gasteiger partial charge < -0.3 is 14.9 Å². The van der Waals surface area contributed by atoms with Crippen LogP contribution in [0.25, 0.3) is 0 Å². The molecular formula is C10H10O4. The molecule has 4 nitrogen and oxygen atoms in total. The highest BCUT2D eigenvalue weighted by atomic mass is 16.5. The zero-order chi connectivity index (χ0) is 10.6. The molecule has 0 amide bonds. The minimum Gasteiger partial charge on any atom is -0.504 e. The molecule has 0 saturated carbocycles. The molecular weight excluding hydrogens is 184 g/mol. The first-order chi connectivity index (χ1) is 6.63. The summed E-state index contributed by atoms with van der Waals surface area (Å²) in [5.41, 5.74) is 0.593. The molecule has 0 fully saturated rings. The Bertz CT molecular complexity index is 357. The quantitative estimate of drug-likeness (QED) is 0.432. The first-order valence-electron chi connectivity index (χ1n) is 3.93. The average Bonchev–Trinajstić information content (AvgIpc) is 2.19. The van der Waals surface area contributed by atoms with Gasteiger partial charge in [0.25, 0.3) is 0 Å². The van der Waals surface area contributed by atoms with Crippen LogP contribution in [0, 0.1) is 0 Å². The number of phenolic OH excluding ortho intramolecular Hbond substituents is 2. The lowest BCUT2D eigenvalue weighted by molar-refractivity contribution is -0.138. The smallest absolute Gasteiger partial charge is 0.330 e. The van der Waals surface area contributed by atoms with Crippen LogP contribution in [0.5, 0.6) is 11.5 Å². The lowest BCUT2D eigenvalue weighted by atomic mass is 10.2. The second-order valence-corrected chi connectivity index (χ2v) is 2.63. The minimum atomic E-state index is -0.530. The summed E-state index contributed by atoms with van der Waals surface area (Å²) in [4.78, 5) is 10.7. The number of carbonyl (C=O) groups excluding carboxylic acids is 1. The number of ether oxygens (including phenoxy) is 1. The Morgan fingerprint density at radius 3 is 2.71 bits per heavy atom. The second kappa shape index (κ2) is 4.32. The summed E-state index contributed by atoms with van der Waals surface area (Å²) >= 11 is 0. The molecule has 0 aliphatic carbocycles. The Labute approximate surface area is 81.1 Å². The van der Waals surface area contributed by atoms with Gasteiger partial charge >= 0.3 is 5.97 Å². The molecule has 1 aromatic carbocycles. The highest BCUT2D eigenvalue weighted by Gasteiger charge is 2.02. The number of carbonyl (C=O) groups is 1. The summed E-state index contributed by atoms with van der Waals surface area (Å²) in [6, 6.07) is 4.20. The number of rotatable bonds is 3. The van der Waals surface area contributed by atoms with Gasteiger partial charge in [0.2, 0.25) is 0 Å². The Kier molecular flexibility index (Phi) is 3.12. The van der Waals surface area contributed by atoms with Crippen LogP contribution in [-0.2, 0) is 16.1 Å². The molecule has 4 heteroatoms. The molecule has 0 unspecified atom stereocenters. The van der Waals surface area contributed by atoms with Crippen LogP contribution in [0.4, 0.5) is 0 Å². The van der Waals surface area contributed by atoms with Crippen LogP contribution < -0.4 is 0 Å². The standard InChI is InChI=1S/C10H10O4/c1-2-10(13)14-6-7-3-4-8(11)9(12)5-7/h2-5,11-12H,1,6H2. The summed E-state index contributed by atoms with van der Waals surface area (Å²) in [6.07, 6.45) is 1.06. The fraction of sp³-hybridized carbons (Fsp3) is 0.100. The highest BCUT2D eigenvalue weighted by molar-refractivity contribution is 5.81. The van der Waals surface area contributed by atoms with E-state index < -0.39 is 5.97 Å². The third kappa shape index (κ3) is 2.52. The first kappa shape index (κ1) is 10.1. The molecule has 0 spiro atoms. The molecule has 1 aromatic rings. The lowest BCUT2D eigenvalue weighted by Gasteiger charge is -2.03. The molecule has 0 aliphatic heterocycles. The van der Waals surface area contributed by atoms with Crippen molar-refractivity contribution in [3.8, 4) is 11.5 Å². The van der Waals surface area contributed by atoms with Crippen LogP contribution in [0.3, 0.4) is 0 Å². The normalized spacial score (nSPS) is 9.43. The topological polar surface area (TPSA) is 66.8 Å². The summed E-state index contributed by atoms with van der Waals surface area (Å²) in [7, 11) is 0. The Morgan fingerprint density at radius 1 is 1.43 bits per heavy atom. The van der Waals surface area contributed by atoms with Crippen molar-refractivity contribution in [3.05, 3.63) is 36.4 Å². The highest BCUT2D eigenvalue weighted by Crippen LogP contribution is 2.24. The first-order valence-corrected chi connectivity index (χ1v) is 3.93. The minimum absolute atomic E-state index is 0.0404. The molecule has 0 aliphatic rings. The van der Waals surface area contributed by atoms with E-state index in [2.05, 4.69) is 6.58 Å². The number of benzene rings is 1. The van der Waals surface area contributed by atoms with E-state index in [9.17, 15) is 4.79 Å². The largest absolute Gasteiger partial charge is 0.504 e. The maximum atomic E-state index is 10.7. The van der Waals surface area contributed by atoms with Gasteiger partial charge in [-0.25, -0.2) is 4.79 Å². The van der Waals surface area contributed by atoms with Gasteiger partial charge in [-0.15, -0.1) is 0 Å². The van der Waals surface area contributed by atoms with Gasteiger partial charge in [0, 0.05) is 6.08 Å². The predicted molar refractivity (Wildman–Crippen MR) is 49.8 cm³/mol. The number of phenols is 2. The molecule has 0 bridgehead atoms. The van der Waals surface area contributed by atoms with Crippen molar-refractivity contribution in [3.63, 3.8) is 0 Å². The molecule has 2 N–H and O–H groups in total. The maximum absolute atomic E-state index is 10.7. The number of esters is 1. The number of aromatic hydroxyl groups is 2. The second-order valence-electron chi connectivity index (χ2n) is 2.63. The van der Waals surface area contributed by atoms with Crippen molar-refractivity contribution < 1.29 is 19.7 Å². The van der Waals surface area contributed by atoms with E-state index in [0.29, 0.717) is 5.56 Å². The van der Waals surface area contributed by atoms with E-state index in [4.69, 9.17) is 14.9 Å². The van der Waals surface area contributed by atoms with Crippen LogP contribution in [0.15, 0.2) is 30.9 Å². The molecule has 0 radical (unpaired) electrons. The van der Waals surface area contributed by atoms with Crippen molar-refractivity contribution in [1.29, 1.82) is 0 Å². The maximum Gasteiger partial charge on any atom is 0.330 e. The Morgan fingerprint density at radius 2 is 2.14 bits per heavy atom. The van der Waals surface area contributed by atoms with Gasteiger partial charge in [-0.3, -0.25) is 0 Å². The monoisotopic (exact) mass is 194 g/mol. The van der Waals surface area contributed by atoms with Gasteiger partial charge in [0.1, 0.15) is 6.61 Å². The number of hydrogen-bond donors (Lipinski definition) is 2. The van der Waals surface area contributed by atoms with Crippen molar-refractivity contribution in [2.24, 2.45) is 0 Å². The molecule has 14 heavy (non-hydrogen) atoms. The molecule has 1 rings (SSSR count). The van der Waals surface area contributed by atoms with Crippen molar-refractivity contribution in [2.45, 2.75) is 6.61 Å². The van der Waals surface area contributed by atoms with Gasteiger partial charge in [-0.2, -0.15) is 0 Å². The van der Waals surface area contributed by atoms with Crippen LogP contribution >= 0.6 is 0 Å². The van der Waals surface area contributed by atoms with Gasteiger partial charge in [0.15, 0.2) is 11.5 Å². The summed E-state index contributed by atoms with van der Waals surface area (Å²) < 4.78 is 4.72. The summed E-state index contributed by atoms with van der Waals surface area (Å²) in [6.45, 7) is 3.28. The van der Waals surface area contributed by atoms with Crippen LogP contribution in [-0.4, -0.2) is 16.2 Å². The number of hydrogen-bond acceptors (Lipinski definition) is 4. The fourth-order valence-corrected chi connectivity index (χ4v) is 0.872. The van der Waals surface area contributed by atoms with Crippen molar-refractivity contribution in [1.82, 2.24) is 0 Å². The molecule has 74 valence electrons. The SMILES string of the molecule is C=CC(=O)OCc1ccc(O)c(O)c1. The van der Waals surface area contributed by atoms with E-state index >= 15 is 0 Å². The van der Waals surface area contributed by atoms with Crippen LogP contribution in [0.1, 0.15) is 5.56 Å². The third-order valence-corrected chi connectivity index (χ3v) is 1.59. The van der Waals surface area contributed by atoms with E-state index in [0.717, 1.165) is 6.08 Å². The molecule has 0 saturated heterocycles. The summed E-state index contributed by atoms with van der Waals surface area (Å²) in [5, 5.41) is 18.1.